The molecule has 0 saturated heterocycles. The van der Waals surface area contributed by atoms with Gasteiger partial charge < -0.3 is 9.32 Å². The molecule has 0 saturated carbocycles. The average Bonchev–Trinajstić information content (AvgIpc) is 2.73. The SMILES string of the molecule is CN(C(=O)C#N)c1ccc2ncoc2c1. The van der Waals surface area contributed by atoms with Gasteiger partial charge in [0.25, 0.3) is 0 Å². The number of aromatic nitrogens is 1. The first kappa shape index (κ1) is 9.21. The summed E-state index contributed by atoms with van der Waals surface area (Å²) in [5.41, 5.74) is 1.91. The highest BCUT2D eigenvalue weighted by atomic mass is 16.3. The molecule has 0 bridgehead atoms. The van der Waals surface area contributed by atoms with E-state index in [1.165, 1.54) is 18.3 Å². The number of oxazole rings is 1. The van der Waals surface area contributed by atoms with Gasteiger partial charge in [-0.05, 0) is 12.1 Å². The molecule has 0 radical (unpaired) electrons. The molecule has 74 valence electrons. The highest BCUT2D eigenvalue weighted by molar-refractivity contribution is 6.04. The fraction of sp³-hybridized carbons (Fsp3) is 0.100. The molecule has 5 heteroatoms. The molecule has 5 nitrogen and oxygen atoms in total. The van der Waals surface area contributed by atoms with Gasteiger partial charge in [0.1, 0.15) is 5.52 Å². The molecule has 1 aromatic heterocycles. The predicted octanol–water partition coefficient (Wildman–Crippen LogP) is 1.31. The summed E-state index contributed by atoms with van der Waals surface area (Å²) in [5, 5.41) is 8.46. The Kier molecular flexibility index (Phi) is 2.10. The van der Waals surface area contributed by atoms with Crippen LogP contribution in [0.1, 0.15) is 0 Å². The van der Waals surface area contributed by atoms with Crippen molar-refractivity contribution < 1.29 is 9.21 Å². The summed E-state index contributed by atoms with van der Waals surface area (Å²) < 4.78 is 5.09. The predicted molar refractivity (Wildman–Crippen MR) is 53.0 cm³/mol. The van der Waals surface area contributed by atoms with Gasteiger partial charge in [-0.25, -0.2) is 4.98 Å². The maximum absolute atomic E-state index is 11.1. The van der Waals surface area contributed by atoms with E-state index in [2.05, 4.69) is 4.98 Å². The highest BCUT2D eigenvalue weighted by Gasteiger charge is 2.10. The standard InChI is InChI=1S/C10H7N3O2/c1-13(10(14)5-11)7-2-3-8-9(4-7)15-6-12-8/h2-4,6H,1H3. The number of benzene rings is 1. The van der Waals surface area contributed by atoms with Crippen LogP contribution in [0.25, 0.3) is 11.1 Å². The average molecular weight is 201 g/mol. The lowest BCUT2D eigenvalue weighted by molar-refractivity contribution is -0.113. The van der Waals surface area contributed by atoms with Crippen molar-refractivity contribution in [2.24, 2.45) is 0 Å². The van der Waals surface area contributed by atoms with Crippen molar-refractivity contribution in [3.05, 3.63) is 24.6 Å². The maximum atomic E-state index is 11.1. The molecule has 0 unspecified atom stereocenters. The fourth-order valence-corrected chi connectivity index (χ4v) is 1.24. The summed E-state index contributed by atoms with van der Waals surface area (Å²) >= 11 is 0. The third-order valence-electron chi connectivity index (χ3n) is 2.10. The number of hydrogen-bond acceptors (Lipinski definition) is 4. The zero-order valence-electron chi connectivity index (χ0n) is 7.97. The van der Waals surface area contributed by atoms with E-state index >= 15 is 0 Å². The third kappa shape index (κ3) is 1.53. The molecule has 2 aromatic rings. The van der Waals surface area contributed by atoms with Crippen molar-refractivity contribution in [1.29, 1.82) is 5.26 Å². The minimum Gasteiger partial charge on any atom is -0.443 e. The molecule has 2 rings (SSSR count). The van der Waals surface area contributed by atoms with Gasteiger partial charge in [-0.1, -0.05) is 0 Å². The van der Waals surface area contributed by atoms with Crippen molar-refractivity contribution in [3.8, 4) is 6.07 Å². The minimum absolute atomic E-state index is 0.588. The number of rotatable bonds is 1. The van der Waals surface area contributed by atoms with Crippen LogP contribution >= 0.6 is 0 Å². The van der Waals surface area contributed by atoms with Gasteiger partial charge in [0.05, 0.1) is 0 Å². The first-order valence-electron chi connectivity index (χ1n) is 4.23. The number of amides is 1. The Morgan fingerprint density at radius 1 is 1.60 bits per heavy atom. The van der Waals surface area contributed by atoms with Crippen LogP contribution in [0.3, 0.4) is 0 Å². The lowest BCUT2D eigenvalue weighted by Gasteiger charge is -2.12. The van der Waals surface area contributed by atoms with Crippen LogP contribution in [0.5, 0.6) is 0 Å². The summed E-state index contributed by atoms with van der Waals surface area (Å²) in [7, 11) is 1.53. The Balaban J connectivity index is 2.44. The van der Waals surface area contributed by atoms with Crippen LogP contribution in [0.15, 0.2) is 29.0 Å². The van der Waals surface area contributed by atoms with Crippen LogP contribution in [0.2, 0.25) is 0 Å². The van der Waals surface area contributed by atoms with Crippen molar-refractivity contribution in [3.63, 3.8) is 0 Å². The Hall–Kier alpha value is -2.35. The Labute approximate surface area is 85.5 Å². The van der Waals surface area contributed by atoms with Crippen molar-refractivity contribution in [2.75, 3.05) is 11.9 Å². The molecule has 0 aliphatic rings. The smallest absolute Gasteiger partial charge is 0.329 e. The van der Waals surface area contributed by atoms with Gasteiger partial charge >= 0.3 is 5.91 Å². The van der Waals surface area contributed by atoms with Gasteiger partial charge in [0.15, 0.2) is 18.0 Å². The van der Waals surface area contributed by atoms with Crippen LogP contribution in [0, 0.1) is 11.3 Å². The van der Waals surface area contributed by atoms with Gasteiger partial charge in [0.2, 0.25) is 0 Å². The van der Waals surface area contributed by atoms with Gasteiger partial charge in [0, 0.05) is 18.8 Å². The van der Waals surface area contributed by atoms with Crippen LogP contribution in [0.4, 0.5) is 5.69 Å². The molecule has 15 heavy (non-hydrogen) atoms. The van der Waals surface area contributed by atoms with Crippen LogP contribution in [-0.4, -0.2) is 17.9 Å². The molecular formula is C10H7N3O2. The second-order valence-electron chi connectivity index (χ2n) is 2.98. The fourth-order valence-electron chi connectivity index (χ4n) is 1.24. The summed E-state index contributed by atoms with van der Waals surface area (Å²) in [6.07, 6.45) is 1.33. The van der Waals surface area contributed by atoms with Crippen molar-refractivity contribution in [1.82, 2.24) is 4.98 Å². The molecule has 1 heterocycles. The van der Waals surface area contributed by atoms with E-state index in [9.17, 15) is 4.79 Å². The van der Waals surface area contributed by atoms with E-state index in [1.54, 1.807) is 24.3 Å². The van der Waals surface area contributed by atoms with E-state index in [4.69, 9.17) is 9.68 Å². The Morgan fingerprint density at radius 3 is 3.13 bits per heavy atom. The first-order valence-corrected chi connectivity index (χ1v) is 4.23. The van der Waals surface area contributed by atoms with Crippen LogP contribution in [-0.2, 0) is 4.79 Å². The number of carbonyl (C=O) groups excluding carboxylic acids is 1. The van der Waals surface area contributed by atoms with Crippen molar-refractivity contribution in [2.45, 2.75) is 0 Å². The van der Waals surface area contributed by atoms with E-state index in [-0.39, 0.29) is 0 Å². The molecule has 0 spiro atoms. The summed E-state index contributed by atoms with van der Waals surface area (Å²) in [5.74, 6) is -0.617. The second kappa shape index (κ2) is 3.42. The number of fused-ring (bicyclic) bond motifs is 1. The number of carbonyl (C=O) groups is 1. The monoisotopic (exact) mass is 201 g/mol. The van der Waals surface area contributed by atoms with Crippen molar-refractivity contribution >= 4 is 22.7 Å². The highest BCUT2D eigenvalue weighted by Crippen LogP contribution is 2.20. The lowest BCUT2D eigenvalue weighted by atomic mass is 10.2. The largest absolute Gasteiger partial charge is 0.443 e. The molecule has 0 atom stereocenters. The number of hydrogen-bond donors (Lipinski definition) is 0. The summed E-state index contributed by atoms with van der Waals surface area (Å²) in [6, 6.07) is 6.65. The van der Waals surface area contributed by atoms with E-state index in [0.717, 1.165) is 5.52 Å². The normalized spacial score (nSPS) is 9.87. The third-order valence-corrected chi connectivity index (χ3v) is 2.10. The lowest BCUT2D eigenvalue weighted by Crippen LogP contribution is -2.24. The molecule has 1 aromatic carbocycles. The van der Waals surface area contributed by atoms with E-state index < -0.39 is 5.91 Å². The molecule has 1 amide bonds. The molecule has 0 N–H and O–H groups in total. The topological polar surface area (TPSA) is 70.1 Å². The summed E-state index contributed by atoms with van der Waals surface area (Å²) in [4.78, 5) is 16.3. The zero-order chi connectivity index (χ0) is 10.8. The quantitative estimate of drug-likeness (QED) is 0.652. The van der Waals surface area contributed by atoms with Gasteiger partial charge in [-0.3, -0.25) is 4.79 Å². The zero-order valence-corrected chi connectivity index (χ0v) is 7.97. The van der Waals surface area contributed by atoms with Crippen LogP contribution < -0.4 is 4.90 Å². The Bertz CT molecular complexity index is 553. The van der Waals surface area contributed by atoms with Gasteiger partial charge in [-0.2, -0.15) is 5.26 Å². The number of nitriles is 1. The maximum Gasteiger partial charge on any atom is 0.329 e. The number of anilines is 1. The summed E-state index contributed by atoms with van der Waals surface area (Å²) in [6.45, 7) is 0. The molecule has 0 fully saturated rings. The molecule has 0 aliphatic carbocycles. The molecular weight excluding hydrogens is 194 g/mol. The first-order chi connectivity index (χ1) is 7.22. The van der Waals surface area contributed by atoms with E-state index in [0.29, 0.717) is 11.3 Å². The molecule has 0 aliphatic heterocycles. The Morgan fingerprint density at radius 2 is 2.40 bits per heavy atom. The minimum atomic E-state index is -0.617. The van der Waals surface area contributed by atoms with Gasteiger partial charge in [-0.15, -0.1) is 0 Å². The second-order valence-corrected chi connectivity index (χ2v) is 2.98. The number of nitrogens with zero attached hydrogens (tertiary/aromatic N) is 3. The van der Waals surface area contributed by atoms with E-state index in [1.807, 2.05) is 0 Å².